The molecule has 2 atom stereocenters. The van der Waals surface area contributed by atoms with E-state index in [1.54, 1.807) is 6.92 Å². The second kappa shape index (κ2) is 7.83. The molecule has 5 nitrogen and oxygen atoms in total. The number of carbonyl (C=O) groups is 1. The van der Waals surface area contributed by atoms with Gasteiger partial charge in [-0.3, -0.25) is 0 Å². The van der Waals surface area contributed by atoms with Crippen LogP contribution in [0.2, 0.25) is 0 Å². The van der Waals surface area contributed by atoms with Gasteiger partial charge >= 0.3 is 0 Å². The summed E-state index contributed by atoms with van der Waals surface area (Å²) in [6, 6.07) is 8.54. The number of unbranched alkanes of at least 4 members (excludes halogenated alkanes) is 2. The Hall–Kier alpha value is -2.14. The van der Waals surface area contributed by atoms with Crippen molar-refractivity contribution in [2.75, 3.05) is 18.1 Å². The molecular formula is C20H27N3O2. The van der Waals surface area contributed by atoms with Crippen molar-refractivity contribution in [3.8, 4) is 0 Å². The quantitative estimate of drug-likeness (QED) is 0.738. The number of hydrogen-bond donors (Lipinski definition) is 1. The topological polar surface area (TPSA) is 56.1 Å². The molecule has 0 bridgehead atoms. The van der Waals surface area contributed by atoms with Crippen LogP contribution in [0.5, 0.6) is 0 Å². The molecule has 0 saturated carbocycles. The Labute approximate surface area is 149 Å². The molecule has 0 aromatic heterocycles. The summed E-state index contributed by atoms with van der Waals surface area (Å²) < 4.78 is 0. The number of benzene rings is 1. The van der Waals surface area contributed by atoms with E-state index >= 15 is 0 Å². The van der Waals surface area contributed by atoms with Crippen LogP contribution < -0.4 is 4.90 Å². The van der Waals surface area contributed by atoms with Crippen LogP contribution in [0.15, 0.2) is 41.2 Å². The molecule has 2 unspecified atom stereocenters. The van der Waals surface area contributed by atoms with Gasteiger partial charge in [0, 0.05) is 30.4 Å². The third-order valence-corrected chi connectivity index (χ3v) is 4.93. The molecule has 0 aliphatic carbocycles. The van der Waals surface area contributed by atoms with Gasteiger partial charge in [0.25, 0.3) is 0 Å². The number of aliphatic hydroxyl groups excluding tert-OH is 1. The molecule has 1 aromatic rings. The van der Waals surface area contributed by atoms with Gasteiger partial charge in [-0.05, 0) is 32.8 Å². The molecule has 134 valence electrons. The average molecular weight is 341 g/mol. The highest BCUT2D eigenvalue weighted by Gasteiger charge is 2.34. The van der Waals surface area contributed by atoms with Gasteiger partial charge in [-0.25, -0.2) is 4.99 Å². The Morgan fingerprint density at radius 3 is 2.84 bits per heavy atom. The van der Waals surface area contributed by atoms with Crippen LogP contribution in [0.1, 0.15) is 51.1 Å². The molecule has 0 fully saturated rings. The summed E-state index contributed by atoms with van der Waals surface area (Å²) in [6.45, 7) is 4.71. The van der Waals surface area contributed by atoms with E-state index < -0.39 is 0 Å². The third kappa shape index (κ3) is 3.76. The smallest absolute Gasteiger partial charge is 0.129 e. The van der Waals surface area contributed by atoms with E-state index in [0.29, 0.717) is 6.42 Å². The zero-order valence-electron chi connectivity index (χ0n) is 15.1. The lowest BCUT2D eigenvalue weighted by Gasteiger charge is -2.37. The molecule has 25 heavy (non-hydrogen) atoms. The standard InChI is InChI=1S/C20H27N3O2/c1-15(13-24)23-12-18-20(17-9-5-6-10-19(17)23)22(14-21-18)11-7-3-4-8-16(2)25/h5-6,9-10,12,14-15,20,24H,3-4,7-8,11,13H2,1-2H3. The minimum atomic E-state index is 0.0189. The van der Waals surface area contributed by atoms with Gasteiger partial charge in [0.2, 0.25) is 0 Å². The summed E-state index contributed by atoms with van der Waals surface area (Å²) in [5.74, 6) is 0.271. The number of carbonyl (C=O) groups excluding carboxylic acids is 1. The number of aliphatic hydroxyl groups is 1. The molecule has 2 aliphatic rings. The second-order valence-corrected chi connectivity index (χ2v) is 6.95. The molecule has 0 amide bonds. The minimum absolute atomic E-state index is 0.0189. The van der Waals surface area contributed by atoms with Crippen LogP contribution in [-0.4, -0.2) is 41.3 Å². The van der Waals surface area contributed by atoms with Gasteiger partial charge in [0.15, 0.2) is 0 Å². The van der Waals surface area contributed by atoms with Crippen molar-refractivity contribution in [3.05, 3.63) is 41.7 Å². The van der Waals surface area contributed by atoms with E-state index in [1.807, 2.05) is 19.3 Å². The lowest BCUT2D eigenvalue weighted by atomic mass is 9.96. The van der Waals surface area contributed by atoms with Crippen molar-refractivity contribution >= 4 is 17.8 Å². The Bertz CT molecular complexity index is 683. The zero-order valence-corrected chi connectivity index (χ0v) is 15.1. The van der Waals surface area contributed by atoms with Crippen molar-refractivity contribution in [1.82, 2.24) is 4.90 Å². The predicted octanol–water partition coefficient (Wildman–Crippen LogP) is 3.26. The fourth-order valence-electron chi connectivity index (χ4n) is 3.54. The third-order valence-electron chi connectivity index (χ3n) is 4.93. The minimum Gasteiger partial charge on any atom is -0.394 e. The van der Waals surface area contributed by atoms with Crippen LogP contribution in [0, 0.1) is 0 Å². The molecule has 3 rings (SSSR count). The van der Waals surface area contributed by atoms with Gasteiger partial charge in [0.1, 0.15) is 11.8 Å². The number of rotatable bonds is 8. The first kappa shape index (κ1) is 17.7. The summed E-state index contributed by atoms with van der Waals surface area (Å²) in [7, 11) is 0. The maximum atomic E-state index is 11.0. The van der Waals surface area contributed by atoms with Crippen molar-refractivity contribution in [1.29, 1.82) is 0 Å². The number of anilines is 1. The van der Waals surface area contributed by atoms with Gasteiger partial charge in [-0.2, -0.15) is 0 Å². The molecule has 2 aliphatic heterocycles. The van der Waals surface area contributed by atoms with Crippen LogP contribution in [0.3, 0.4) is 0 Å². The Kier molecular flexibility index (Phi) is 5.53. The highest BCUT2D eigenvalue weighted by atomic mass is 16.3. The number of hydrogen-bond acceptors (Lipinski definition) is 5. The number of aliphatic imine (C=N–C) groups is 1. The summed E-state index contributed by atoms with van der Waals surface area (Å²) in [5.41, 5.74) is 3.41. The predicted molar refractivity (Wildman–Crippen MR) is 101 cm³/mol. The van der Waals surface area contributed by atoms with Gasteiger partial charge in [-0.15, -0.1) is 0 Å². The summed E-state index contributed by atoms with van der Waals surface area (Å²) in [4.78, 5) is 20.1. The molecule has 0 saturated heterocycles. The number of nitrogens with zero attached hydrogens (tertiary/aromatic N) is 3. The van der Waals surface area contributed by atoms with E-state index in [0.717, 1.165) is 37.2 Å². The van der Waals surface area contributed by atoms with E-state index in [-0.39, 0.29) is 24.5 Å². The van der Waals surface area contributed by atoms with E-state index in [2.05, 4.69) is 39.2 Å². The molecule has 1 N–H and O–H groups in total. The highest BCUT2D eigenvalue weighted by molar-refractivity contribution is 5.75. The number of para-hydroxylation sites is 1. The maximum Gasteiger partial charge on any atom is 0.129 e. The number of ketones is 1. The SMILES string of the molecule is CC(=O)CCCCCN1C=NC2=CN(C(C)CO)c3ccccc3C21. The Morgan fingerprint density at radius 2 is 2.08 bits per heavy atom. The van der Waals surface area contributed by atoms with Gasteiger partial charge in [0.05, 0.1) is 24.7 Å². The molecule has 1 aromatic carbocycles. The van der Waals surface area contributed by atoms with Crippen molar-refractivity contribution in [3.63, 3.8) is 0 Å². The van der Waals surface area contributed by atoms with E-state index in [4.69, 9.17) is 0 Å². The second-order valence-electron chi connectivity index (χ2n) is 6.95. The average Bonchev–Trinajstić information content (AvgIpc) is 3.03. The van der Waals surface area contributed by atoms with Gasteiger partial charge < -0.3 is 19.7 Å². The van der Waals surface area contributed by atoms with Crippen LogP contribution in [0.4, 0.5) is 5.69 Å². The van der Waals surface area contributed by atoms with E-state index in [9.17, 15) is 9.90 Å². The van der Waals surface area contributed by atoms with Crippen molar-refractivity contribution in [2.24, 2.45) is 4.99 Å². The first-order valence-corrected chi connectivity index (χ1v) is 9.11. The van der Waals surface area contributed by atoms with Crippen LogP contribution >= 0.6 is 0 Å². The fraction of sp³-hybridized carbons (Fsp3) is 0.500. The molecule has 0 spiro atoms. The van der Waals surface area contributed by atoms with Crippen molar-refractivity contribution in [2.45, 2.75) is 51.6 Å². The Morgan fingerprint density at radius 1 is 1.28 bits per heavy atom. The highest BCUT2D eigenvalue weighted by Crippen LogP contribution is 2.43. The molecular weight excluding hydrogens is 314 g/mol. The number of fused-ring (bicyclic) bond motifs is 3. The maximum absolute atomic E-state index is 11.0. The Balaban J connectivity index is 1.72. The summed E-state index contributed by atoms with van der Waals surface area (Å²) in [5, 5.41) is 9.57. The molecule has 0 radical (unpaired) electrons. The van der Waals surface area contributed by atoms with Crippen LogP contribution in [-0.2, 0) is 4.79 Å². The largest absolute Gasteiger partial charge is 0.394 e. The van der Waals surface area contributed by atoms with Gasteiger partial charge in [-0.1, -0.05) is 24.6 Å². The van der Waals surface area contributed by atoms with Crippen molar-refractivity contribution < 1.29 is 9.90 Å². The van der Waals surface area contributed by atoms with E-state index in [1.165, 1.54) is 5.56 Å². The summed E-state index contributed by atoms with van der Waals surface area (Å²) in [6.07, 6.45) is 7.77. The molecule has 5 heteroatoms. The fourth-order valence-corrected chi connectivity index (χ4v) is 3.54. The lowest BCUT2D eigenvalue weighted by Crippen LogP contribution is -2.37. The number of Topliss-reactive ketones (excluding diaryl/α,β-unsaturated/α-hetero) is 1. The molecule has 2 heterocycles. The van der Waals surface area contributed by atoms with Crippen LogP contribution in [0.25, 0.3) is 0 Å². The first-order valence-electron chi connectivity index (χ1n) is 9.11. The monoisotopic (exact) mass is 341 g/mol. The lowest BCUT2D eigenvalue weighted by molar-refractivity contribution is -0.117. The zero-order chi connectivity index (χ0) is 17.8. The normalized spacial score (nSPS) is 19.5. The first-order chi connectivity index (χ1) is 12.1. The summed E-state index contributed by atoms with van der Waals surface area (Å²) >= 11 is 0.